The summed E-state index contributed by atoms with van der Waals surface area (Å²) in [6.45, 7) is 1.16. The van der Waals surface area contributed by atoms with Crippen molar-refractivity contribution in [2.45, 2.75) is 24.9 Å². The first-order valence-corrected chi connectivity index (χ1v) is 7.91. The predicted molar refractivity (Wildman–Crippen MR) is 82.2 cm³/mol. The molecule has 0 aliphatic carbocycles. The summed E-state index contributed by atoms with van der Waals surface area (Å²) in [5, 5.41) is 0. The average molecular weight is 342 g/mol. The zero-order valence-corrected chi connectivity index (χ0v) is 13.5. The smallest absolute Gasteiger partial charge is 0.255 e. The van der Waals surface area contributed by atoms with Crippen molar-refractivity contribution < 1.29 is 18.3 Å². The second-order valence-electron chi connectivity index (χ2n) is 6.18. The number of halogens is 2. The van der Waals surface area contributed by atoms with Gasteiger partial charge in [0.1, 0.15) is 5.82 Å². The summed E-state index contributed by atoms with van der Waals surface area (Å²) >= 11 is 0. The van der Waals surface area contributed by atoms with E-state index in [0.717, 1.165) is 0 Å². The monoisotopic (exact) mass is 342 g/mol. The van der Waals surface area contributed by atoms with E-state index in [2.05, 4.69) is 4.98 Å². The number of likely N-dealkylation sites (tertiary alicyclic amines) is 1. The van der Waals surface area contributed by atoms with Crippen LogP contribution in [0.3, 0.4) is 0 Å². The predicted octanol–water partition coefficient (Wildman–Crippen LogP) is 0.243. The molecule has 0 radical (unpaired) electrons. The molecule has 0 saturated carbocycles. The number of carbonyl (C=O) groups excluding carboxylic acids is 1. The molecule has 2 aliphatic rings. The summed E-state index contributed by atoms with van der Waals surface area (Å²) in [7, 11) is 1.61. The number of hydrogen-bond acceptors (Lipinski definition) is 5. The van der Waals surface area contributed by atoms with Crippen molar-refractivity contribution in [1.82, 2.24) is 14.5 Å². The van der Waals surface area contributed by atoms with Crippen molar-refractivity contribution in [3.05, 3.63) is 22.7 Å². The van der Waals surface area contributed by atoms with Gasteiger partial charge < -0.3 is 19.1 Å². The molecule has 1 amide bonds. The van der Waals surface area contributed by atoms with E-state index >= 15 is 0 Å². The van der Waals surface area contributed by atoms with Crippen molar-refractivity contribution in [3.8, 4) is 0 Å². The lowest BCUT2D eigenvalue weighted by atomic mass is 10.1. The van der Waals surface area contributed by atoms with Crippen LogP contribution in [0.4, 0.5) is 14.6 Å². The van der Waals surface area contributed by atoms with E-state index in [1.54, 1.807) is 7.05 Å². The highest BCUT2D eigenvalue weighted by atomic mass is 19.3. The quantitative estimate of drug-likeness (QED) is 0.770. The first-order valence-electron chi connectivity index (χ1n) is 7.91. The molecule has 7 nitrogen and oxygen atoms in total. The van der Waals surface area contributed by atoms with Gasteiger partial charge in [-0.3, -0.25) is 9.59 Å². The number of aromatic nitrogens is 2. The summed E-state index contributed by atoms with van der Waals surface area (Å²) < 4.78 is 33.3. The van der Waals surface area contributed by atoms with Gasteiger partial charge in [0.2, 0.25) is 0 Å². The number of morpholine rings is 1. The minimum atomic E-state index is -2.69. The SMILES string of the molecule is Cn1cnc(N2CCOC(C(=O)N3CCC(F)(F)CC3)C2)cc1=O. The van der Waals surface area contributed by atoms with E-state index in [9.17, 15) is 18.4 Å². The van der Waals surface area contributed by atoms with Gasteiger partial charge in [0.05, 0.1) is 19.5 Å². The van der Waals surface area contributed by atoms with Crippen molar-refractivity contribution >= 4 is 11.7 Å². The van der Waals surface area contributed by atoms with Crippen molar-refractivity contribution in [2.24, 2.45) is 7.05 Å². The minimum absolute atomic E-state index is 0.0375. The molecule has 0 spiro atoms. The Labute approximate surface area is 137 Å². The van der Waals surface area contributed by atoms with Crippen LogP contribution in [0.25, 0.3) is 0 Å². The lowest BCUT2D eigenvalue weighted by Gasteiger charge is -2.37. The molecule has 132 valence electrons. The van der Waals surface area contributed by atoms with Gasteiger partial charge in [0, 0.05) is 45.6 Å². The molecule has 2 aliphatic heterocycles. The van der Waals surface area contributed by atoms with E-state index < -0.39 is 12.0 Å². The number of rotatable bonds is 2. The number of ether oxygens (including phenoxy) is 1. The molecule has 1 aromatic rings. The zero-order valence-electron chi connectivity index (χ0n) is 13.5. The molecule has 24 heavy (non-hydrogen) atoms. The highest BCUT2D eigenvalue weighted by Crippen LogP contribution is 2.28. The van der Waals surface area contributed by atoms with Gasteiger partial charge in [-0.05, 0) is 0 Å². The van der Waals surface area contributed by atoms with Gasteiger partial charge in [-0.15, -0.1) is 0 Å². The Morgan fingerprint density at radius 3 is 2.71 bits per heavy atom. The summed E-state index contributed by atoms with van der Waals surface area (Å²) in [5.41, 5.74) is -0.187. The number of alkyl halides is 2. The Hall–Kier alpha value is -2.03. The van der Waals surface area contributed by atoms with Gasteiger partial charge in [0.15, 0.2) is 6.10 Å². The number of aryl methyl sites for hydroxylation is 1. The first kappa shape index (κ1) is 16.8. The van der Waals surface area contributed by atoms with E-state index in [-0.39, 0.29) is 43.9 Å². The fourth-order valence-electron chi connectivity index (χ4n) is 2.89. The molecule has 3 heterocycles. The fraction of sp³-hybridized carbons (Fsp3) is 0.667. The lowest BCUT2D eigenvalue weighted by Crippen LogP contribution is -2.53. The number of anilines is 1. The van der Waals surface area contributed by atoms with Crippen molar-refractivity contribution in [2.75, 3.05) is 37.7 Å². The molecule has 3 rings (SSSR count). The van der Waals surface area contributed by atoms with Gasteiger partial charge in [-0.1, -0.05) is 0 Å². The molecule has 9 heteroatoms. The third-order valence-corrected chi connectivity index (χ3v) is 4.44. The summed E-state index contributed by atoms with van der Waals surface area (Å²) in [4.78, 5) is 31.7. The Bertz CT molecular complexity index is 669. The van der Waals surface area contributed by atoms with E-state index in [0.29, 0.717) is 19.0 Å². The van der Waals surface area contributed by atoms with Crippen LogP contribution in [-0.4, -0.2) is 65.2 Å². The second-order valence-corrected chi connectivity index (χ2v) is 6.18. The Kier molecular flexibility index (Phi) is 4.53. The standard InChI is InChI=1S/C15H20F2N4O3/c1-19-10-18-12(8-13(19)22)21-6-7-24-11(9-21)14(23)20-4-2-15(16,17)3-5-20/h8,10-11H,2-7,9H2,1H3. The number of piperidine rings is 1. The Morgan fingerprint density at radius 2 is 2.04 bits per heavy atom. The van der Waals surface area contributed by atoms with Crippen molar-refractivity contribution in [3.63, 3.8) is 0 Å². The minimum Gasteiger partial charge on any atom is -0.365 e. The summed E-state index contributed by atoms with van der Waals surface area (Å²) in [6.07, 6.45) is 0.0736. The molecule has 1 unspecified atom stereocenters. The number of carbonyl (C=O) groups is 1. The number of nitrogens with zero attached hydrogens (tertiary/aromatic N) is 4. The van der Waals surface area contributed by atoms with Crippen LogP contribution in [0, 0.1) is 0 Å². The van der Waals surface area contributed by atoms with Crippen LogP contribution < -0.4 is 10.5 Å². The highest BCUT2D eigenvalue weighted by Gasteiger charge is 2.38. The molecular weight excluding hydrogens is 322 g/mol. The van der Waals surface area contributed by atoms with Gasteiger partial charge >= 0.3 is 0 Å². The van der Waals surface area contributed by atoms with Crippen LogP contribution >= 0.6 is 0 Å². The lowest BCUT2D eigenvalue weighted by molar-refractivity contribution is -0.150. The molecule has 0 aromatic carbocycles. The van der Waals surface area contributed by atoms with E-state index in [1.165, 1.54) is 21.9 Å². The van der Waals surface area contributed by atoms with Crippen LogP contribution in [-0.2, 0) is 16.6 Å². The van der Waals surface area contributed by atoms with Gasteiger partial charge in [0.25, 0.3) is 17.4 Å². The summed E-state index contributed by atoms with van der Waals surface area (Å²) in [5.74, 6) is -2.48. The molecule has 1 atom stereocenters. The first-order chi connectivity index (χ1) is 11.4. The zero-order chi connectivity index (χ0) is 17.3. The number of amides is 1. The maximum Gasteiger partial charge on any atom is 0.255 e. The topological polar surface area (TPSA) is 67.7 Å². The summed E-state index contributed by atoms with van der Waals surface area (Å²) in [6, 6.07) is 1.41. The third-order valence-electron chi connectivity index (χ3n) is 4.44. The van der Waals surface area contributed by atoms with Crippen molar-refractivity contribution in [1.29, 1.82) is 0 Å². The maximum absolute atomic E-state index is 13.2. The molecule has 0 N–H and O–H groups in total. The number of hydrogen-bond donors (Lipinski definition) is 0. The van der Waals surface area contributed by atoms with Gasteiger partial charge in [-0.25, -0.2) is 13.8 Å². The van der Waals surface area contributed by atoms with Gasteiger partial charge in [-0.2, -0.15) is 0 Å². The normalized spacial score (nSPS) is 24.0. The fourth-order valence-corrected chi connectivity index (χ4v) is 2.89. The van der Waals surface area contributed by atoms with E-state index in [1.807, 2.05) is 4.90 Å². The van der Waals surface area contributed by atoms with Crippen LogP contribution in [0.5, 0.6) is 0 Å². The maximum atomic E-state index is 13.2. The molecule has 1 aromatic heterocycles. The second kappa shape index (κ2) is 6.46. The van der Waals surface area contributed by atoms with E-state index in [4.69, 9.17) is 4.74 Å². The average Bonchev–Trinajstić information content (AvgIpc) is 2.57. The third kappa shape index (κ3) is 3.55. The van der Waals surface area contributed by atoms with Crippen LogP contribution in [0.2, 0.25) is 0 Å². The Balaban J connectivity index is 1.66. The van der Waals surface area contributed by atoms with Crippen LogP contribution in [0.1, 0.15) is 12.8 Å². The molecular formula is C15H20F2N4O3. The molecule has 2 fully saturated rings. The Morgan fingerprint density at radius 1 is 1.33 bits per heavy atom. The molecule has 0 bridgehead atoms. The highest BCUT2D eigenvalue weighted by molar-refractivity contribution is 5.82. The molecule has 2 saturated heterocycles. The largest absolute Gasteiger partial charge is 0.365 e. The van der Waals surface area contributed by atoms with Crippen LogP contribution in [0.15, 0.2) is 17.2 Å².